The Bertz CT molecular complexity index is 845. The van der Waals surface area contributed by atoms with Gasteiger partial charge in [-0.1, -0.05) is 28.1 Å². The Morgan fingerprint density at radius 1 is 1.36 bits per heavy atom. The summed E-state index contributed by atoms with van der Waals surface area (Å²) in [6.45, 7) is 3.80. The molecule has 0 aliphatic heterocycles. The number of nitrogens with one attached hydrogen (secondary N) is 1. The number of aromatic nitrogens is 4. The molecule has 7 heteroatoms. The fourth-order valence-electron chi connectivity index (χ4n) is 2.12. The van der Waals surface area contributed by atoms with Crippen molar-refractivity contribution in [3.8, 4) is 0 Å². The first-order valence-electron chi connectivity index (χ1n) is 6.79. The van der Waals surface area contributed by atoms with Gasteiger partial charge in [-0.2, -0.15) is 4.98 Å². The van der Waals surface area contributed by atoms with E-state index in [0.717, 1.165) is 15.7 Å². The zero-order valence-electron chi connectivity index (χ0n) is 12.1. The van der Waals surface area contributed by atoms with E-state index < -0.39 is 0 Å². The Balaban J connectivity index is 1.82. The molecule has 22 heavy (non-hydrogen) atoms. The van der Waals surface area contributed by atoms with E-state index in [1.165, 1.54) is 0 Å². The third kappa shape index (κ3) is 2.85. The largest absolute Gasteiger partial charge is 0.343 e. The van der Waals surface area contributed by atoms with Gasteiger partial charge in [0.05, 0.1) is 6.04 Å². The standard InChI is InChI=1S/C15H14BrN5O/c1-9-6-7-17-15-19-13(20-21(9)15)14(22)18-10(2)11-4-3-5-12(16)8-11/h3-8,10H,1-2H3,(H,18,22). The molecule has 3 rings (SSSR count). The smallest absolute Gasteiger partial charge is 0.291 e. The fourth-order valence-corrected chi connectivity index (χ4v) is 2.54. The number of aryl methyl sites for hydroxylation is 1. The SMILES string of the molecule is Cc1ccnc2nc(C(=O)NC(C)c3cccc(Br)c3)nn12. The number of rotatable bonds is 3. The predicted octanol–water partition coefficient (Wildman–Crippen LogP) is 2.69. The molecule has 2 heterocycles. The molecule has 3 aromatic rings. The van der Waals surface area contributed by atoms with E-state index in [1.54, 1.807) is 10.7 Å². The van der Waals surface area contributed by atoms with Crippen molar-refractivity contribution in [2.45, 2.75) is 19.9 Å². The number of nitrogens with zero attached hydrogens (tertiary/aromatic N) is 4. The molecular formula is C15H14BrN5O. The lowest BCUT2D eigenvalue weighted by Gasteiger charge is -2.13. The van der Waals surface area contributed by atoms with E-state index in [-0.39, 0.29) is 17.8 Å². The third-order valence-electron chi connectivity index (χ3n) is 3.33. The molecule has 1 unspecified atom stereocenters. The van der Waals surface area contributed by atoms with Crippen molar-refractivity contribution in [1.29, 1.82) is 0 Å². The highest BCUT2D eigenvalue weighted by Crippen LogP contribution is 2.18. The summed E-state index contributed by atoms with van der Waals surface area (Å²) < 4.78 is 2.52. The topological polar surface area (TPSA) is 72.2 Å². The van der Waals surface area contributed by atoms with Crippen LogP contribution >= 0.6 is 15.9 Å². The summed E-state index contributed by atoms with van der Waals surface area (Å²) in [6, 6.07) is 9.46. The van der Waals surface area contributed by atoms with E-state index in [2.05, 4.69) is 36.3 Å². The molecule has 0 saturated heterocycles. The van der Waals surface area contributed by atoms with Gasteiger partial charge in [-0.05, 0) is 37.6 Å². The van der Waals surface area contributed by atoms with Crippen molar-refractivity contribution in [3.63, 3.8) is 0 Å². The molecule has 0 saturated carbocycles. The Labute approximate surface area is 135 Å². The molecule has 0 radical (unpaired) electrons. The maximum atomic E-state index is 12.3. The van der Waals surface area contributed by atoms with Gasteiger partial charge in [0, 0.05) is 16.4 Å². The summed E-state index contributed by atoms with van der Waals surface area (Å²) >= 11 is 3.42. The van der Waals surface area contributed by atoms with Gasteiger partial charge in [0.15, 0.2) is 0 Å². The van der Waals surface area contributed by atoms with Gasteiger partial charge in [-0.15, -0.1) is 5.10 Å². The monoisotopic (exact) mass is 359 g/mol. The summed E-state index contributed by atoms with van der Waals surface area (Å²) in [6.07, 6.45) is 1.64. The van der Waals surface area contributed by atoms with Crippen LogP contribution in [0.5, 0.6) is 0 Å². The van der Waals surface area contributed by atoms with Crippen LogP contribution in [0.15, 0.2) is 41.0 Å². The van der Waals surface area contributed by atoms with Gasteiger partial charge in [0.1, 0.15) is 0 Å². The van der Waals surface area contributed by atoms with Crippen LogP contribution in [0.25, 0.3) is 5.78 Å². The number of benzene rings is 1. The molecule has 0 bridgehead atoms. The average Bonchev–Trinajstić information content (AvgIpc) is 2.93. The second-order valence-corrected chi connectivity index (χ2v) is 5.90. The minimum atomic E-state index is -0.322. The van der Waals surface area contributed by atoms with Crippen LogP contribution in [-0.4, -0.2) is 25.5 Å². The lowest BCUT2D eigenvalue weighted by atomic mass is 10.1. The van der Waals surface area contributed by atoms with Crippen LogP contribution in [0.3, 0.4) is 0 Å². The quantitative estimate of drug-likeness (QED) is 0.780. The number of hydrogen-bond donors (Lipinski definition) is 1. The Morgan fingerprint density at radius 3 is 2.91 bits per heavy atom. The van der Waals surface area contributed by atoms with E-state index in [0.29, 0.717) is 5.78 Å². The lowest BCUT2D eigenvalue weighted by molar-refractivity contribution is 0.0929. The molecule has 1 atom stereocenters. The Hall–Kier alpha value is -2.28. The molecule has 0 aliphatic carbocycles. The molecule has 1 N–H and O–H groups in total. The Kier molecular flexibility index (Phi) is 3.89. The highest BCUT2D eigenvalue weighted by atomic mass is 79.9. The maximum Gasteiger partial charge on any atom is 0.291 e. The fraction of sp³-hybridized carbons (Fsp3) is 0.200. The molecule has 0 fully saturated rings. The minimum absolute atomic E-state index is 0.114. The predicted molar refractivity (Wildman–Crippen MR) is 85.5 cm³/mol. The normalized spacial score (nSPS) is 12.3. The molecule has 0 aliphatic rings. The maximum absolute atomic E-state index is 12.3. The van der Waals surface area contributed by atoms with Gasteiger partial charge in [0.25, 0.3) is 11.7 Å². The second kappa shape index (κ2) is 5.84. The highest BCUT2D eigenvalue weighted by molar-refractivity contribution is 9.10. The van der Waals surface area contributed by atoms with E-state index in [4.69, 9.17) is 0 Å². The van der Waals surface area contributed by atoms with Gasteiger partial charge in [-0.3, -0.25) is 4.79 Å². The van der Waals surface area contributed by atoms with Crippen LogP contribution in [0.1, 0.15) is 34.8 Å². The molecule has 2 aromatic heterocycles. The number of carbonyl (C=O) groups is 1. The number of amides is 1. The van der Waals surface area contributed by atoms with Gasteiger partial charge >= 0.3 is 0 Å². The number of halogens is 1. The van der Waals surface area contributed by atoms with Gasteiger partial charge in [0.2, 0.25) is 5.82 Å². The third-order valence-corrected chi connectivity index (χ3v) is 3.82. The van der Waals surface area contributed by atoms with Crippen molar-refractivity contribution in [2.75, 3.05) is 0 Å². The number of carbonyl (C=O) groups excluding carboxylic acids is 1. The lowest BCUT2D eigenvalue weighted by Crippen LogP contribution is -2.27. The first-order valence-corrected chi connectivity index (χ1v) is 7.58. The first kappa shape index (κ1) is 14.6. The second-order valence-electron chi connectivity index (χ2n) is 4.98. The van der Waals surface area contributed by atoms with Crippen molar-refractivity contribution >= 4 is 27.6 Å². The van der Waals surface area contributed by atoms with Crippen molar-refractivity contribution < 1.29 is 4.79 Å². The zero-order chi connectivity index (χ0) is 15.7. The number of hydrogen-bond acceptors (Lipinski definition) is 4. The van der Waals surface area contributed by atoms with Crippen LogP contribution in [0.2, 0.25) is 0 Å². The summed E-state index contributed by atoms with van der Waals surface area (Å²) in [7, 11) is 0. The zero-order valence-corrected chi connectivity index (χ0v) is 13.7. The summed E-state index contributed by atoms with van der Waals surface area (Å²) in [4.78, 5) is 20.6. The van der Waals surface area contributed by atoms with Crippen LogP contribution in [0, 0.1) is 6.92 Å². The van der Waals surface area contributed by atoms with Crippen molar-refractivity contribution in [3.05, 3.63) is 58.1 Å². The Morgan fingerprint density at radius 2 is 2.18 bits per heavy atom. The molecule has 112 valence electrons. The molecule has 0 spiro atoms. The van der Waals surface area contributed by atoms with Crippen molar-refractivity contribution in [1.82, 2.24) is 24.9 Å². The van der Waals surface area contributed by atoms with E-state index in [9.17, 15) is 4.79 Å². The number of fused-ring (bicyclic) bond motifs is 1. The minimum Gasteiger partial charge on any atom is -0.343 e. The highest BCUT2D eigenvalue weighted by Gasteiger charge is 2.17. The summed E-state index contributed by atoms with van der Waals surface area (Å²) in [5.74, 6) is 0.210. The van der Waals surface area contributed by atoms with Crippen LogP contribution in [0.4, 0.5) is 0 Å². The molecule has 1 amide bonds. The summed E-state index contributed by atoms with van der Waals surface area (Å²) in [5, 5.41) is 7.09. The van der Waals surface area contributed by atoms with Gasteiger partial charge in [-0.25, -0.2) is 9.50 Å². The molecule has 1 aromatic carbocycles. The van der Waals surface area contributed by atoms with Crippen LogP contribution < -0.4 is 5.32 Å². The van der Waals surface area contributed by atoms with Crippen LogP contribution in [-0.2, 0) is 0 Å². The molecule has 6 nitrogen and oxygen atoms in total. The van der Waals surface area contributed by atoms with Crippen molar-refractivity contribution in [2.24, 2.45) is 0 Å². The van der Waals surface area contributed by atoms with E-state index >= 15 is 0 Å². The summed E-state index contributed by atoms with van der Waals surface area (Å²) in [5.41, 5.74) is 1.87. The van der Waals surface area contributed by atoms with E-state index in [1.807, 2.05) is 44.2 Å². The molecular weight excluding hydrogens is 346 g/mol. The average molecular weight is 360 g/mol. The van der Waals surface area contributed by atoms with Gasteiger partial charge < -0.3 is 5.32 Å². The first-order chi connectivity index (χ1) is 10.5.